The third-order valence-corrected chi connectivity index (χ3v) is 23.1. The van der Waals surface area contributed by atoms with Crippen LogP contribution in [0.3, 0.4) is 0 Å². The van der Waals surface area contributed by atoms with Crippen molar-refractivity contribution in [2.75, 3.05) is 57.2 Å². The van der Waals surface area contributed by atoms with Gasteiger partial charge >= 0.3 is 0 Å². The number of aryl methyl sites for hydroxylation is 4. The first-order chi connectivity index (χ1) is 57.0. The molecule has 8 N–H and O–H groups in total. The SMILES string of the molecule is Cc1ccc(CN2CC(Cc3nc(N)nc4[nH]ncc34)Cc3ccccc32)cc1.Cc1ccc(CN2CC(Cc3nc(N)nc4[nH]ncc34)Cc3ccccc32)cc1Cl.Cc1nc(C[C@@H]2Cc3ccccc3N(Cc3ccc(F)cc3)C2)c2cn[nH]c2n1.Cc1nc(C[C@H]2Cc3ccccc3N(Cc3ccc(F)cc3)C2)c2cn[nH]c2n1. The highest BCUT2D eigenvalue weighted by atomic mass is 35.5. The zero-order valence-electron chi connectivity index (χ0n) is 65.8. The van der Waals surface area contributed by atoms with E-state index >= 15 is 0 Å². The Bertz CT molecular complexity index is 5720. The topological polar surface area (TPSA) is 283 Å². The molecule has 12 heterocycles. The third kappa shape index (κ3) is 17.9. The first kappa shape index (κ1) is 76.5. The summed E-state index contributed by atoms with van der Waals surface area (Å²) in [6, 6.07) is 63.2. The highest BCUT2D eigenvalue weighted by Gasteiger charge is 2.31. The average molecular weight is 1580 g/mol. The van der Waals surface area contributed by atoms with E-state index in [4.69, 9.17) is 33.0 Å². The number of anilines is 6. The van der Waals surface area contributed by atoms with Gasteiger partial charge in [0.05, 0.1) is 69.1 Å². The van der Waals surface area contributed by atoms with E-state index in [9.17, 15) is 8.78 Å². The molecule has 4 aliphatic rings. The number of nitrogen functional groups attached to an aromatic ring is 2. The lowest BCUT2D eigenvalue weighted by Crippen LogP contribution is -2.36. The van der Waals surface area contributed by atoms with Gasteiger partial charge in [0.2, 0.25) is 11.9 Å². The zero-order valence-corrected chi connectivity index (χ0v) is 66.5. The van der Waals surface area contributed by atoms with Gasteiger partial charge in [0.25, 0.3) is 0 Å². The molecule has 590 valence electrons. The van der Waals surface area contributed by atoms with Crippen LogP contribution in [0.25, 0.3) is 44.1 Å². The molecule has 0 aliphatic carbocycles. The minimum Gasteiger partial charge on any atom is -0.368 e. The lowest BCUT2D eigenvalue weighted by Gasteiger charge is -2.36. The van der Waals surface area contributed by atoms with Crippen LogP contribution in [-0.4, -0.2) is 107 Å². The Balaban J connectivity index is 0.000000112. The molecule has 4 aliphatic heterocycles. The summed E-state index contributed by atoms with van der Waals surface area (Å²) >= 11 is 6.37. The fourth-order valence-electron chi connectivity index (χ4n) is 17.3. The van der Waals surface area contributed by atoms with Crippen molar-refractivity contribution in [3.63, 3.8) is 0 Å². The summed E-state index contributed by atoms with van der Waals surface area (Å²) in [5.41, 5.74) is 36.6. The summed E-state index contributed by atoms with van der Waals surface area (Å²) < 4.78 is 26.6. The Kier molecular flexibility index (Phi) is 22.3. The smallest absolute Gasteiger partial charge is 0.222 e. The Labute approximate surface area is 681 Å². The van der Waals surface area contributed by atoms with Crippen LogP contribution >= 0.6 is 11.6 Å². The van der Waals surface area contributed by atoms with E-state index in [0.29, 0.717) is 40.9 Å². The standard InChI is InChI=1S/C23H23ClN6.2C23H22FN5.C23H24N6/c1-14-6-7-15(9-19(14)24)12-30-13-16(8-17-4-2-3-5-21(17)30)10-20-18-11-26-29-22(18)28-23(25)27-20;2*1-15-26-21(20-12-25-28-23(20)27-15)11-17-10-18-4-2-3-5-22(18)29(14-17)13-16-6-8-19(24)9-7-16;1-15-6-8-16(9-7-15)13-29-14-17(10-18-4-2-3-5-21(18)29)11-20-19-12-25-28-22(19)27-23(24)26-20/h2-7,9,11,16H,8,10,12-13H2,1H3,(H3,25,26,27,28,29);2*2-9,12,17H,10-11,13-14H2,1H3,(H,25,26,27,28);2-9,12,17H,10-11,13-14H2,1H3,(H3,24,25,26,27,28)/t;2*17-;/m.10./s1. The molecular weight excluding hydrogens is 1490 g/mol. The number of fused-ring (bicyclic) bond motifs is 8. The number of halogens is 3. The molecule has 0 bridgehead atoms. The van der Waals surface area contributed by atoms with E-state index in [0.717, 1.165) is 193 Å². The fraction of sp³-hybridized carbons (Fsp3) is 0.261. The summed E-state index contributed by atoms with van der Waals surface area (Å²) in [4.78, 5) is 45.6. The fourth-order valence-corrected chi connectivity index (χ4v) is 17.5. The number of nitrogens with one attached hydrogen (secondary N) is 4. The number of H-pyrrole nitrogens is 4. The van der Waals surface area contributed by atoms with Gasteiger partial charge in [0.1, 0.15) is 23.3 Å². The molecule has 25 heteroatoms. The molecule has 4 atom stereocenters. The van der Waals surface area contributed by atoms with E-state index in [-0.39, 0.29) is 17.6 Å². The molecule has 22 nitrogen and oxygen atoms in total. The predicted octanol–water partition coefficient (Wildman–Crippen LogP) is 16.4. The second kappa shape index (κ2) is 34.1. The normalized spacial score (nSPS) is 16.2. The number of hydrogen-bond donors (Lipinski definition) is 6. The first-order valence-corrected chi connectivity index (χ1v) is 40.3. The monoisotopic (exact) mass is 1580 g/mol. The molecule has 8 aromatic carbocycles. The Hall–Kier alpha value is -13.1. The lowest BCUT2D eigenvalue weighted by molar-refractivity contribution is 0.481. The summed E-state index contributed by atoms with van der Waals surface area (Å²) in [7, 11) is 0. The highest BCUT2D eigenvalue weighted by Crippen LogP contribution is 2.39. The van der Waals surface area contributed by atoms with E-state index in [1.807, 2.05) is 57.4 Å². The number of nitrogens with zero attached hydrogens (tertiary/aromatic N) is 16. The van der Waals surface area contributed by atoms with Crippen LogP contribution in [0.5, 0.6) is 0 Å². The number of para-hydroxylation sites is 4. The number of benzene rings is 8. The van der Waals surface area contributed by atoms with Crippen LogP contribution < -0.4 is 31.1 Å². The molecule has 8 aromatic heterocycles. The van der Waals surface area contributed by atoms with Gasteiger partial charge in [-0.1, -0.05) is 151 Å². The molecule has 0 spiro atoms. The van der Waals surface area contributed by atoms with Crippen LogP contribution in [-0.2, 0) is 77.5 Å². The second-order valence-electron chi connectivity index (χ2n) is 31.5. The van der Waals surface area contributed by atoms with E-state index in [1.54, 1.807) is 12.4 Å². The van der Waals surface area contributed by atoms with E-state index < -0.39 is 0 Å². The number of nitrogens with two attached hydrogens (primary N) is 2. The van der Waals surface area contributed by atoms with Crippen molar-refractivity contribution >= 4 is 90.4 Å². The molecule has 117 heavy (non-hydrogen) atoms. The average Bonchev–Trinajstić information content (AvgIpc) is 1.33. The quantitative estimate of drug-likeness (QED) is 0.0524. The third-order valence-electron chi connectivity index (χ3n) is 22.7. The van der Waals surface area contributed by atoms with Gasteiger partial charge in [-0.25, -0.2) is 38.7 Å². The van der Waals surface area contributed by atoms with Crippen molar-refractivity contribution in [3.05, 3.63) is 320 Å². The molecular formula is C92H91ClF2N22. The van der Waals surface area contributed by atoms with Gasteiger partial charge in [-0.05, 0) is 207 Å². The Morgan fingerprint density at radius 2 is 0.641 bits per heavy atom. The number of aromatic amines is 4. The Morgan fingerprint density at radius 1 is 0.350 bits per heavy atom. The largest absolute Gasteiger partial charge is 0.368 e. The van der Waals surface area contributed by atoms with Crippen molar-refractivity contribution in [1.82, 2.24) is 80.7 Å². The minimum atomic E-state index is -0.200. The summed E-state index contributed by atoms with van der Waals surface area (Å²) in [6.45, 7) is 15.0. The van der Waals surface area contributed by atoms with Crippen LogP contribution in [0.1, 0.15) is 90.1 Å². The maximum Gasteiger partial charge on any atom is 0.222 e. The van der Waals surface area contributed by atoms with Gasteiger partial charge in [0, 0.05) is 80.1 Å². The van der Waals surface area contributed by atoms with Gasteiger partial charge in [-0.3, -0.25) is 20.4 Å². The van der Waals surface area contributed by atoms with Crippen LogP contribution in [0.4, 0.5) is 43.4 Å². The lowest BCUT2D eigenvalue weighted by atomic mass is 9.88. The van der Waals surface area contributed by atoms with E-state index in [2.05, 4.69) is 237 Å². The maximum absolute atomic E-state index is 13.3. The first-order valence-electron chi connectivity index (χ1n) is 39.9. The number of aromatic nitrogens is 16. The number of hydrogen-bond acceptors (Lipinski definition) is 18. The summed E-state index contributed by atoms with van der Waals surface area (Å²) in [5, 5.41) is 33.0. The molecule has 16 aromatic rings. The predicted molar refractivity (Wildman–Crippen MR) is 459 cm³/mol. The summed E-state index contributed by atoms with van der Waals surface area (Å²) in [6.07, 6.45) is 14.7. The maximum atomic E-state index is 13.3. The van der Waals surface area contributed by atoms with E-state index in [1.165, 1.54) is 86.0 Å². The van der Waals surface area contributed by atoms with Crippen LogP contribution in [0, 0.1) is 63.0 Å². The van der Waals surface area contributed by atoms with Gasteiger partial charge in [0.15, 0.2) is 22.6 Å². The molecule has 0 radical (unpaired) electrons. The van der Waals surface area contributed by atoms with Crippen molar-refractivity contribution < 1.29 is 8.78 Å². The highest BCUT2D eigenvalue weighted by molar-refractivity contribution is 6.31. The van der Waals surface area contributed by atoms with Gasteiger partial charge in [-0.2, -0.15) is 30.4 Å². The molecule has 20 rings (SSSR count). The van der Waals surface area contributed by atoms with Gasteiger partial charge < -0.3 is 31.1 Å². The van der Waals surface area contributed by atoms with Crippen LogP contribution in [0.15, 0.2) is 213 Å². The van der Waals surface area contributed by atoms with Crippen molar-refractivity contribution in [2.45, 2.75) is 105 Å². The second-order valence-corrected chi connectivity index (χ2v) is 31.9. The number of rotatable bonds is 16. The molecule has 0 amide bonds. The van der Waals surface area contributed by atoms with Gasteiger partial charge in [-0.15, -0.1) is 0 Å². The van der Waals surface area contributed by atoms with Crippen molar-refractivity contribution in [2.24, 2.45) is 23.7 Å². The van der Waals surface area contributed by atoms with Crippen molar-refractivity contribution in [3.8, 4) is 0 Å². The summed E-state index contributed by atoms with van der Waals surface area (Å²) in [5.74, 6) is 3.41. The molecule has 0 saturated carbocycles. The zero-order chi connectivity index (χ0) is 80.0. The molecule has 2 unspecified atom stereocenters. The van der Waals surface area contributed by atoms with Crippen molar-refractivity contribution in [1.29, 1.82) is 0 Å². The minimum absolute atomic E-state index is 0.200. The molecule has 0 saturated heterocycles. The van der Waals surface area contributed by atoms with Crippen LogP contribution in [0.2, 0.25) is 5.02 Å². The Morgan fingerprint density at radius 3 is 0.974 bits per heavy atom. The molecule has 0 fully saturated rings.